The third-order valence-corrected chi connectivity index (χ3v) is 4.51. The fourth-order valence-corrected chi connectivity index (χ4v) is 3.50. The summed E-state index contributed by atoms with van der Waals surface area (Å²) in [6.45, 7) is 2.85. The van der Waals surface area contributed by atoms with Gasteiger partial charge < -0.3 is 5.73 Å². The van der Waals surface area contributed by atoms with Crippen molar-refractivity contribution in [3.05, 3.63) is 20.8 Å². The van der Waals surface area contributed by atoms with Gasteiger partial charge in [0.2, 0.25) is 0 Å². The molecule has 3 nitrogen and oxygen atoms in total. The molecule has 1 heterocycles. The average molecular weight is 316 g/mol. The van der Waals surface area contributed by atoms with Crippen LogP contribution in [0.25, 0.3) is 0 Å². The second kappa shape index (κ2) is 7.12. The van der Waals surface area contributed by atoms with Crippen LogP contribution in [0, 0.1) is 11.3 Å². The molecule has 0 aromatic carbocycles. The van der Waals surface area contributed by atoms with Gasteiger partial charge in [-0.25, -0.2) is 0 Å². The van der Waals surface area contributed by atoms with Gasteiger partial charge in [-0.3, -0.25) is 4.90 Å². The van der Waals surface area contributed by atoms with Crippen LogP contribution < -0.4 is 5.73 Å². The third kappa shape index (κ3) is 4.07. The maximum absolute atomic E-state index is 8.65. The molecule has 0 saturated heterocycles. The van der Waals surface area contributed by atoms with Crippen LogP contribution in [0.3, 0.4) is 0 Å². The van der Waals surface area contributed by atoms with Crippen LogP contribution in [-0.2, 0) is 0 Å². The molecule has 1 aromatic heterocycles. The molecule has 0 aliphatic heterocycles. The monoisotopic (exact) mass is 315 g/mol. The average Bonchev–Trinajstić information content (AvgIpc) is 2.73. The Labute approximate surface area is 115 Å². The van der Waals surface area contributed by atoms with Crippen LogP contribution in [0.2, 0.25) is 0 Å². The highest BCUT2D eigenvalue weighted by atomic mass is 79.9. The van der Waals surface area contributed by atoms with E-state index in [1.807, 2.05) is 13.1 Å². The van der Waals surface area contributed by atoms with Gasteiger partial charge in [0.25, 0.3) is 0 Å². The summed E-state index contributed by atoms with van der Waals surface area (Å²) in [6, 6.07) is 6.64. The maximum atomic E-state index is 8.65. The highest BCUT2D eigenvalue weighted by molar-refractivity contribution is 9.11. The van der Waals surface area contributed by atoms with E-state index < -0.39 is 0 Å². The van der Waals surface area contributed by atoms with Crippen LogP contribution in [0.15, 0.2) is 15.9 Å². The van der Waals surface area contributed by atoms with Crippen molar-refractivity contribution in [3.8, 4) is 6.07 Å². The third-order valence-electron chi connectivity index (χ3n) is 2.81. The molecule has 5 heteroatoms. The van der Waals surface area contributed by atoms with Gasteiger partial charge in [-0.05, 0) is 41.5 Å². The van der Waals surface area contributed by atoms with E-state index >= 15 is 0 Å². The summed E-state index contributed by atoms with van der Waals surface area (Å²) in [6.07, 6.45) is 1.47. The molecular formula is C12H18BrN3S. The molecule has 17 heavy (non-hydrogen) atoms. The smallest absolute Gasteiger partial charge is 0.0702 e. The minimum Gasteiger partial charge on any atom is -0.326 e. The molecular weight excluding hydrogens is 298 g/mol. The summed E-state index contributed by atoms with van der Waals surface area (Å²) in [5, 5.41) is 8.65. The van der Waals surface area contributed by atoms with Crippen molar-refractivity contribution in [1.82, 2.24) is 4.90 Å². The molecule has 0 aliphatic carbocycles. The van der Waals surface area contributed by atoms with Gasteiger partial charge in [-0.2, -0.15) is 5.26 Å². The van der Waals surface area contributed by atoms with Gasteiger partial charge in [-0.1, -0.05) is 6.92 Å². The molecule has 2 atom stereocenters. The number of hydrogen-bond donors (Lipinski definition) is 1. The van der Waals surface area contributed by atoms with Crippen molar-refractivity contribution in [3.63, 3.8) is 0 Å². The Morgan fingerprint density at radius 2 is 2.29 bits per heavy atom. The number of nitriles is 1. The lowest BCUT2D eigenvalue weighted by Gasteiger charge is -2.31. The molecule has 0 bridgehead atoms. The summed E-state index contributed by atoms with van der Waals surface area (Å²) in [5.41, 5.74) is 6.20. The molecule has 94 valence electrons. The minimum absolute atomic E-state index is 0.101. The molecule has 0 saturated carbocycles. The standard InChI is InChI=1S/C12H18BrN3S/c1-3-9(15)12(16(2)8-4-7-14)10-5-6-11(13)17-10/h5-6,9,12H,3-4,8,15H2,1-2H3. The summed E-state index contributed by atoms with van der Waals surface area (Å²) in [5.74, 6) is 0. The molecule has 0 spiro atoms. The lowest BCUT2D eigenvalue weighted by atomic mass is 10.0. The van der Waals surface area contributed by atoms with Crippen LogP contribution in [0.5, 0.6) is 0 Å². The number of nitrogens with two attached hydrogens (primary N) is 1. The summed E-state index contributed by atoms with van der Waals surface area (Å²) >= 11 is 5.19. The van der Waals surface area contributed by atoms with Crippen molar-refractivity contribution in [2.75, 3.05) is 13.6 Å². The molecule has 2 N–H and O–H groups in total. The van der Waals surface area contributed by atoms with E-state index in [0.29, 0.717) is 6.42 Å². The SMILES string of the molecule is CCC(N)C(c1ccc(Br)s1)N(C)CCC#N. The van der Waals surface area contributed by atoms with Crippen molar-refractivity contribution in [1.29, 1.82) is 5.26 Å². The van der Waals surface area contributed by atoms with Crippen LogP contribution in [-0.4, -0.2) is 24.5 Å². The van der Waals surface area contributed by atoms with E-state index in [4.69, 9.17) is 11.0 Å². The number of nitrogens with zero attached hydrogens (tertiary/aromatic N) is 2. The van der Waals surface area contributed by atoms with Gasteiger partial charge in [0, 0.05) is 23.9 Å². The first-order valence-corrected chi connectivity index (χ1v) is 7.29. The Hall–Kier alpha value is -0.410. The highest BCUT2D eigenvalue weighted by Crippen LogP contribution is 2.32. The second-order valence-electron chi connectivity index (χ2n) is 4.05. The first kappa shape index (κ1) is 14.7. The zero-order valence-corrected chi connectivity index (χ0v) is 12.6. The van der Waals surface area contributed by atoms with Gasteiger partial charge in [-0.15, -0.1) is 11.3 Å². The predicted molar refractivity (Wildman–Crippen MR) is 75.9 cm³/mol. The summed E-state index contributed by atoms with van der Waals surface area (Å²) in [7, 11) is 2.03. The summed E-state index contributed by atoms with van der Waals surface area (Å²) < 4.78 is 1.12. The number of halogens is 1. The van der Waals surface area contributed by atoms with Crippen molar-refractivity contribution >= 4 is 27.3 Å². The van der Waals surface area contributed by atoms with Gasteiger partial charge in [0.05, 0.1) is 15.9 Å². The van der Waals surface area contributed by atoms with Crippen LogP contribution in [0.4, 0.5) is 0 Å². The zero-order valence-electron chi connectivity index (χ0n) is 10.2. The van der Waals surface area contributed by atoms with Crippen molar-refractivity contribution < 1.29 is 0 Å². The molecule has 0 fully saturated rings. The normalized spacial score (nSPS) is 14.6. The van der Waals surface area contributed by atoms with Crippen molar-refractivity contribution in [2.45, 2.75) is 31.8 Å². The van der Waals surface area contributed by atoms with Gasteiger partial charge in [0.15, 0.2) is 0 Å². The van der Waals surface area contributed by atoms with Crippen LogP contribution in [0.1, 0.15) is 30.7 Å². The zero-order chi connectivity index (χ0) is 12.8. The molecule has 2 unspecified atom stereocenters. The first-order chi connectivity index (χ1) is 8.10. The largest absolute Gasteiger partial charge is 0.326 e. The Morgan fingerprint density at radius 1 is 1.59 bits per heavy atom. The summed E-state index contributed by atoms with van der Waals surface area (Å²) in [4.78, 5) is 3.43. The second-order valence-corrected chi connectivity index (χ2v) is 6.54. The van der Waals surface area contributed by atoms with E-state index in [1.165, 1.54) is 4.88 Å². The van der Waals surface area contributed by atoms with Gasteiger partial charge >= 0.3 is 0 Å². The quantitative estimate of drug-likeness (QED) is 0.877. The van der Waals surface area contributed by atoms with E-state index in [-0.39, 0.29) is 12.1 Å². The first-order valence-electron chi connectivity index (χ1n) is 5.68. The Bertz CT molecular complexity index is 385. The maximum Gasteiger partial charge on any atom is 0.0702 e. The van der Waals surface area contributed by atoms with E-state index in [0.717, 1.165) is 16.8 Å². The lowest BCUT2D eigenvalue weighted by molar-refractivity contribution is 0.217. The number of thiophene rings is 1. The fraction of sp³-hybridized carbons (Fsp3) is 0.583. The topological polar surface area (TPSA) is 53.0 Å². The minimum atomic E-state index is 0.101. The number of hydrogen-bond acceptors (Lipinski definition) is 4. The molecule has 1 rings (SSSR count). The van der Waals surface area contributed by atoms with E-state index in [1.54, 1.807) is 11.3 Å². The number of likely N-dealkylation sites (N-methyl/N-ethyl adjacent to an activating group) is 1. The van der Waals surface area contributed by atoms with Gasteiger partial charge in [0.1, 0.15) is 0 Å². The van der Waals surface area contributed by atoms with E-state index in [9.17, 15) is 0 Å². The lowest BCUT2D eigenvalue weighted by Crippen LogP contribution is -2.38. The fourth-order valence-electron chi connectivity index (χ4n) is 1.83. The molecule has 0 aliphatic rings. The highest BCUT2D eigenvalue weighted by Gasteiger charge is 2.24. The molecule has 0 radical (unpaired) electrons. The van der Waals surface area contributed by atoms with E-state index in [2.05, 4.69) is 39.9 Å². The Balaban J connectivity index is 2.84. The van der Waals surface area contributed by atoms with Crippen LogP contribution >= 0.6 is 27.3 Å². The molecule has 0 amide bonds. The Morgan fingerprint density at radius 3 is 2.76 bits per heavy atom. The number of rotatable bonds is 6. The Kier molecular flexibility index (Phi) is 6.14. The molecule has 1 aromatic rings. The van der Waals surface area contributed by atoms with Crippen molar-refractivity contribution in [2.24, 2.45) is 5.73 Å². The predicted octanol–water partition coefficient (Wildman–Crippen LogP) is 3.13.